The molecule has 2 rings (SSSR count). The molecule has 2 N–H and O–H groups in total. The number of hydrogen-bond donors (Lipinski definition) is 1. The van der Waals surface area contributed by atoms with Gasteiger partial charge in [-0.05, 0) is 77.5 Å². The lowest BCUT2D eigenvalue weighted by Gasteiger charge is -2.42. The van der Waals surface area contributed by atoms with Crippen molar-refractivity contribution in [3.63, 3.8) is 0 Å². The molecule has 112 valence electrons. The maximum atomic E-state index is 5.90. The minimum absolute atomic E-state index is 0.742. The Morgan fingerprint density at radius 2 is 1.95 bits per heavy atom. The molecular weight excluding hydrogens is 234 g/mol. The van der Waals surface area contributed by atoms with Crippen molar-refractivity contribution in [1.29, 1.82) is 0 Å². The fourth-order valence-electron chi connectivity index (χ4n) is 3.92. The molecule has 0 aromatic carbocycles. The highest BCUT2D eigenvalue weighted by atomic mass is 15.2. The molecule has 0 saturated carbocycles. The molecule has 0 spiro atoms. The predicted molar refractivity (Wildman–Crippen MR) is 82.3 cm³/mol. The van der Waals surface area contributed by atoms with Gasteiger partial charge in [0.05, 0.1) is 0 Å². The van der Waals surface area contributed by atoms with Crippen LogP contribution in [0.1, 0.15) is 52.4 Å². The Morgan fingerprint density at radius 3 is 2.68 bits per heavy atom. The zero-order valence-corrected chi connectivity index (χ0v) is 13.0. The molecular formula is C16H33N3. The Bertz CT molecular complexity index is 256. The molecule has 19 heavy (non-hydrogen) atoms. The summed E-state index contributed by atoms with van der Waals surface area (Å²) in [4.78, 5) is 5.45. The lowest BCUT2D eigenvalue weighted by atomic mass is 9.90. The largest absolute Gasteiger partial charge is 0.330 e. The molecule has 3 unspecified atom stereocenters. The highest BCUT2D eigenvalue weighted by molar-refractivity contribution is 4.86. The molecule has 2 aliphatic rings. The lowest BCUT2D eigenvalue weighted by Crippen LogP contribution is -2.49. The van der Waals surface area contributed by atoms with Crippen LogP contribution < -0.4 is 5.73 Å². The van der Waals surface area contributed by atoms with Crippen molar-refractivity contribution in [1.82, 2.24) is 9.80 Å². The summed E-state index contributed by atoms with van der Waals surface area (Å²) < 4.78 is 0. The van der Waals surface area contributed by atoms with Crippen LogP contribution in [0.5, 0.6) is 0 Å². The van der Waals surface area contributed by atoms with E-state index in [-0.39, 0.29) is 0 Å². The Morgan fingerprint density at radius 1 is 1.11 bits per heavy atom. The van der Waals surface area contributed by atoms with Crippen LogP contribution in [0.15, 0.2) is 0 Å². The molecule has 0 amide bonds. The maximum Gasteiger partial charge on any atom is 0.0111 e. The van der Waals surface area contributed by atoms with Crippen LogP contribution in [0.2, 0.25) is 0 Å². The first-order chi connectivity index (χ1) is 9.24. The third-order valence-electron chi connectivity index (χ3n) is 5.16. The van der Waals surface area contributed by atoms with Crippen LogP contribution in [-0.2, 0) is 0 Å². The van der Waals surface area contributed by atoms with Crippen molar-refractivity contribution in [2.75, 3.05) is 32.7 Å². The average Bonchev–Trinajstić information content (AvgIpc) is 2.65. The van der Waals surface area contributed by atoms with Crippen LogP contribution in [0.4, 0.5) is 0 Å². The molecule has 2 aliphatic heterocycles. The zero-order valence-electron chi connectivity index (χ0n) is 13.0. The van der Waals surface area contributed by atoms with Gasteiger partial charge in [0, 0.05) is 18.6 Å². The van der Waals surface area contributed by atoms with Gasteiger partial charge < -0.3 is 10.6 Å². The molecule has 0 aromatic rings. The Balaban J connectivity index is 1.89. The third-order valence-corrected chi connectivity index (χ3v) is 5.16. The highest BCUT2D eigenvalue weighted by Crippen LogP contribution is 2.27. The van der Waals surface area contributed by atoms with Gasteiger partial charge in [-0.2, -0.15) is 0 Å². The van der Waals surface area contributed by atoms with Gasteiger partial charge in [0.1, 0.15) is 0 Å². The fraction of sp³-hybridized carbons (Fsp3) is 1.00. The van der Waals surface area contributed by atoms with Gasteiger partial charge in [-0.15, -0.1) is 0 Å². The van der Waals surface area contributed by atoms with E-state index < -0.39 is 0 Å². The summed E-state index contributed by atoms with van der Waals surface area (Å²) in [6.07, 6.45) is 8.10. The van der Waals surface area contributed by atoms with Crippen molar-refractivity contribution in [3.8, 4) is 0 Å². The summed E-state index contributed by atoms with van der Waals surface area (Å²) in [7, 11) is 0. The summed E-state index contributed by atoms with van der Waals surface area (Å²) in [6.45, 7) is 10.7. The molecule has 3 atom stereocenters. The van der Waals surface area contributed by atoms with E-state index in [4.69, 9.17) is 5.73 Å². The normalized spacial score (nSPS) is 35.2. The van der Waals surface area contributed by atoms with E-state index in [1.165, 1.54) is 64.7 Å². The van der Waals surface area contributed by atoms with Crippen LogP contribution in [-0.4, -0.2) is 54.6 Å². The summed E-state index contributed by atoms with van der Waals surface area (Å²) in [5, 5.41) is 0. The molecule has 3 nitrogen and oxygen atoms in total. The fourth-order valence-corrected chi connectivity index (χ4v) is 3.92. The lowest BCUT2D eigenvalue weighted by molar-refractivity contribution is 0.0662. The maximum absolute atomic E-state index is 5.90. The molecule has 3 heteroatoms. The van der Waals surface area contributed by atoms with Crippen LogP contribution >= 0.6 is 0 Å². The quantitative estimate of drug-likeness (QED) is 0.848. The smallest absolute Gasteiger partial charge is 0.0111 e. The summed E-state index contributed by atoms with van der Waals surface area (Å²) in [6, 6.07) is 1.58. The van der Waals surface area contributed by atoms with Gasteiger partial charge in [0.2, 0.25) is 0 Å². The van der Waals surface area contributed by atoms with E-state index in [1.807, 2.05) is 0 Å². The van der Waals surface area contributed by atoms with E-state index in [0.29, 0.717) is 0 Å². The predicted octanol–water partition coefficient (Wildman–Crippen LogP) is 2.31. The molecule has 0 aromatic heterocycles. The standard InChI is InChI=1S/C16H33N3/c1-3-9-18-10-4-5-16(8-11-18)19-13-15(12-17)7-6-14(19)2/h14-16H,3-13,17H2,1-2H3. The highest BCUT2D eigenvalue weighted by Gasteiger charge is 2.31. The first kappa shape index (κ1) is 15.3. The Hall–Kier alpha value is -0.120. The van der Waals surface area contributed by atoms with E-state index >= 15 is 0 Å². The molecule has 0 aliphatic carbocycles. The minimum atomic E-state index is 0.742. The molecule has 0 bridgehead atoms. The summed E-state index contributed by atoms with van der Waals surface area (Å²) in [5.41, 5.74) is 5.90. The monoisotopic (exact) mass is 267 g/mol. The Labute approximate surface area is 119 Å². The molecule has 0 radical (unpaired) electrons. The van der Waals surface area contributed by atoms with Crippen molar-refractivity contribution in [2.24, 2.45) is 11.7 Å². The van der Waals surface area contributed by atoms with Crippen LogP contribution in [0.25, 0.3) is 0 Å². The Kier molecular flexibility index (Phi) is 6.11. The second-order valence-corrected chi connectivity index (χ2v) is 6.65. The third kappa shape index (κ3) is 4.17. The second-order valence-electron chi connectivity index (χ2n) is 6.65. The van der Waals surface area contributed by atoms with Gasteiger partial charge in [0.25, 0.3) is 0 Å². The minimum Gasteiger partial charge on any atom is -0.330 e. The molecule has 2 saturated heterocycles. The van der Waals surface area contributed by atoms with Crippen molar-refractivity contribution < 1.29 is 0 Å². The van der Waals surface area contributed by atoms with E-state index in [9.17, 15) is 0 Å². The zero-order chi connectivity index (χ0) is 13.7. The topological polar surface area (TPSA) is 32.5 Å². The number of nitrogens with zero attached hydrogens (tertiary/aromatic N) is 2. The van der Waals surface area contributed by atoms with E-state index in [0.717, 1.165) is 24.5 Å². The van der Waals surface area contributed by atoms with Gasteiger partial charge in [-0.25, -0.2) is 0 Å². The number of likely N-dealkylation sites (tertiary alicyclic amines) is 2. The van der Waals surface area contributed by atoms with Gasteiger partial charge >= 0.3 is 0 Å². The summed E-state index contributed by atoms with van der Waals surface area (Å²) >= 11 is 0. The van der Waals surface area contributed by atoms with Crippen molar-refractivity contribution in [2.45, 2.75) is 64.5 Å². The summed E-state index contributed by atoms with van der Waals surface area (Å²) in [5.74, 6) is 0.742. The van der Waals surface area contributed by atoms with E-state index in [2.05, 4.69) is 23.6 Å². The molecule has 2 heterocycles. The molecule has 2 fully saturated rings. The van der Waals surface area contributed by atoms with E-state index in [1.54, 1.807) is 0 Å². The second kappa shape index (κ2) is 7.61. The van der Waals surface area contributed by atoms with Crippen molar-refractivity contribution in [3.05, 3.63) is 0 Å². The number of hydrogen-bond acceptors (Lipinski definition) is 3. The first-order valence-corrected chi connectivity index (χ1v) is 8.42. The SMILES string of the molecule is CCCN1CCCC(N2CC(CN)CCC2C)CC1. The number of nitrogens with two attached hydrogens (primary N) is 1. The van der Waals surface area contributed by atoms with Crippen molar-refractivity contribution >= 4 is 0 Å². The van der Waals surface area contributed by atoms with Crippen LogP contribution in [0.3, 0.4) is 0 Å². The van der Waals surface area contributed by atoms with Gasteiger partial charge in [-0.1, -0.05) is 6.92 Å². The number of rotatable bonds is 4. The first-order valence-electron chi connectivity index (χ1n) is 8.42. The van der Waals surface area contributed by atoms with Gasteiger partial charge in [0.15, 0.2) is 0 Å². The number of piperidine rings is 1. The van der Waals surface area contributed by atoms with Crippen LogP contribution in [0, 0.1) is 5.92 Å². The average molecular weight is 267 g/mol. The van der Waals surface area contributed by atoms with Gasteiger partial charge in [-0.3, -0.25) is 4.90 Å².